The summed E-state index contributed by atoms with van der Waals surface area (Å²) >= 11 is 0. The Labute approximate surface area is 66.6 Å². The lowest BCUT2D eigenvalue weighted by molar-refractivity contribution is -0.127. The van der Waals surface area contributed by atoms with Crippen molar-refractivity contribution in [2.24, 2.45) is 5.41 Å². The van der Waals surface area contributed by atoms with Crippen molar-refractivity contribution in [3.63, 3.8) is 0 Å². The molecular formula is C9H12O2. The van der Waals surface area contributed by atoms with Gasteiger partial charge < -0.3 is 5.11 Å². The third-order valence-electron chi connectivity index (χ3n) is 2.49. The van der Waals surface area contributed by atoms with Gasteiger partial charge in [0.2, 0.25) is 0 Å². The van der Waals surface area contributed by atoms with Crippen molar-refractivity contribution >= 4 is 5.78 Å². The fourth-order valence-electron chi connectivity index (χ4n) is 1.49. The Hall–Kier alpha value is -0.810. The lowest BCUT2D eigenvalue weighted by atomic mass is 9.82. The van der Waals surface area contributed by atoms with Crippen LogP contribution >= 0.6 is 0 Å². The fraction of sp³-hybridized carbons (Fsp3) is 0.667. The van der Waals surface area contributed by atoms with Gasteiger partial charge in [0.05, 0.1) is 11.5 Å². The molecule has 0 aromatic heterocycles. The molecule has 0 aliphatic heterocycles. The zero-order valence-electron chi connectivity index (χ0n) is 6.63. The summed E-state index contributed by atoms with van der Waals surface area (Å²) in [7, 11) is 0. The van der Waals surface area contributed by atoms with Crippen molar-refractivity contribution in [3.8, 4) is 12.3 Å². The molecule has 1 saturated carbocycles. The first-order valence-corrected chi connectivity index (χ1v) is 3.76. The molecule has 0 aromatic rings. The molecule has 0 heterocycles. The van der Waals surface area contributed by atoms with Crippen LogP contribution in [0.15, 0.2) is 0 Å². The van der Waals surface area contributed by atoms with Gasteiger partial charge in [-0.05, 0) is 13.3 Å². The van der Waals surface area contributed by atoms with E-state index in [9.17, 15) is 9.90 Å². The first kappa shape index (κ1) is 8.29. The number of aliphatic hydroxyl groups is 1. The highest BCUT2D eigenvalue weighted by Gasteiger charge is 2.44. The number of terminal acetylenes is 1. The maximum absolute atomic E-state index is 11.2. The van der Waals surface area contributed by atoms with Crippen LogP contribution in [0.4, 0.5) is 0 Å². The number of aliphatic hydroxyl groups excluding tert-OH is 1. The smallest absolute Gasteiger partial charge is 0.142 e. The Kier molecular flexibility index (Phi) is 2.01. The number of hydrogen-bond donors (Lipinski definition) is 1. The van der Waals surface area contributed by atoms with Crippen LogP contribution in [0, 0.1) is 17.8 Å². The summed E-state index contributed by atoms with van der Waals surface area (Å²) in [5.74, 6) is 2.53. The Morgan fingerprint density at radius 3 is 2.91 bits per heavy atom. The van der Waals surface area contributed by atoms with E-state index in [-0.39, 0.29) is 5.78 Å². The minimum Gasteiger partial charge on any atom is -0.392 e. The van der Waals surface area contributed by atoms with Crippen molar-refractivity contribution in [2.45, 2.75) is 32.3 Å². The van der Waals surface area contributed by atoms with Crippen molar-refractivity contribution in [1.82, 2.24) is 0 Å². The average molecular weight is 152 g/mol. The van der Waals surface area contributed by atoms with Crippen LogP contribution in [0.5, 0.6) is 0 Å². The van der Waals surface area contributed by atoms with Crippen molar-refractivity contribution in [3.05, 3.63) is 0 Å². The number of hydrogen-bond acceptors (Lipinski definition) is 2. The van der Waals surface area contributed by atoms with Gasteiger partial charge in [-0.2, -0.15) is 0 Å². The first-order valence-electron chi connectivity index (χ1n) is 3.76. The summed E-state index contributed by atoms with van der Waals surface area (Å²) in [6.45, 7) is 1.74. The Morgan fingerprint density at radius 1 is 1.91 bits per heavy atom. The average Bonchev–Trinajstić information content (AvgIpc) is 2.19. The summed E-state index contributed by atoms with van der Waals surface area (Å²) in [5.41, 5.74) is -0.658. The van der Waals surface area contributed by atoms with Gasteiger partial charge in [0.25, 0.3) is 0 Å². The minimum absolute atomic E-state index is 0.1000. The summed E-state index contributed by atoms with van der Waals surface area (Å²) in [5, 5.41) is 9.43. The molecule has 2 heteroatoms. The van der Waals surface area contributed by atoms with Gasteiger partial charge in [0.15, 0.2) is 0 Å². The molecular weight excluding hydrogens is 140 g/mol. The van der Waals surface area contributed by atoms with Crippen LogP contribution in [0.1, 0.15) is 26.2 Å². The minimum atomic E-state index is -0.658. The zero-order valence-corrected chi connectivity index (χ0v) is 6.63. The van der Waals surface area contributed by atoms with Gasteiger partial charge >= 0.3 is 0 Å². The van der Waals surface area contributed by atoms with E-state index in [2.05, 4.69) is 5.92 Å². The quantitative estimate of drug-likeness (QED) is 0.563. The number of carbonyl (C=O) groups excluding carboxylic acids is 1. The maximum atomic E-state index is 11.2. The molecule has 1 rings (SSSR count). The lowest BCUT2D eigenvalue weighted by Gasteiger charge is -2.23. The van der Waals surface area contributed by atoms with E-state index < -0.39 is 11.5 Å². The molecule has 0 unspecified atom stereocenters. The normalized spacial score (nSPS) is 37.2. The largest absolute Gasteiger partial charge is 0.392 e. The Bertz CT molecular complexity index is 214. The number of rotatable bonds is 1. The predicted molar refractivity (Wildman–Crippen MR) is 41.8 cm³/mol. The molecule has 2 nitrogen and oxygen atoms in total. The van der Waals surface area contributed by atoms with Crippen LogP contribution in [-0.4, -0.2) is 17.0 Å². The monoisotopic (exact) mass is 152 g/mol. The number of Topliss-reactive ketones (excluding diaryl/α,β-unsaturated/α-hetero) is 1. The van der Waals surface area contributed by atoms with E-state index in [1.165, 1.54) is 0 Å². The molecule has 0 aromatic carbocycles. The second-order valence-corrected chi connectivity index (χ2v) is 3.28. The number of ketones is 1. The van der Waals surface area contributed by atoms with E-state index in [4.69, 9.17) is 6.42 Å². The Balaban J connectivity index is 2.81. The van der Waals surface area contributed by atoms with Crippen LogP contribution in [0.3, 0.4) is 0 Å². The topological polar surface area (TPSA) is 37.3 Å². The summed E-state index contributed by atoms with van der Waals surface area (Å²) in [6.07, 6.45) is 5.96. The van der Waals surface area contributed by atoms with Crippen molar-refractivity contribution < 1.29 is 9.90 Å². The molecule has 0 saturated heterocycles. The van der Waals surface area contributed by atoms with E-state index in [0.29, 0.717) is 19.3 Å². The molecule has 1 N–H and O–H groups in total. The third-order valence-corrected chi connectivity index (χ3v) is 2.49. The van der Waals surface area contributed by atoms with Gasteiger partial charge in [-0.3, -0.25) is 4.79 Å². The summed E-state index contributed by atoms with van der Waals surface area (Å²) in [6, 6.07) is 0. The zero-order chi connectivity index (χ0) is 8.48. The molecule has 1 fully saturated rings. The van der Waals surface area contributed by atoms with E-state index in [0.717, 1.165) is 0 Å². The SMILES string of the molecule is C#CC[C@@]1(C)C(=O)CC[C@@H]1O. The van der Waals surface area contributed by atoms with Gasteiger partial charge in [0, 0.05) is 12.8 Å². The van der Waals surface area contributed by atoms with Gasteiger partial charge in [0.1, 0.15) is 5.78 Å². The molecule has 1 aliphatic carbocycles. The lowest BCUT2D eigenvalue weighted by Crippen LogP contribution is -2.32. The van der Waals surface area contributed by atoms with Crippen molar-refractivity contribution in [1.29, 1.82) is 0 Å². The summed E-state index contributed by atoms with van der Waals surface area (Å²) < 4.78 is 0. The van der Waals surface area contributed by atoms with E-state index in [1.54, 1.807) is 6.92 Å². The number of carbonyl (C=O) groups is 1. The Morgan fingerprint density at radius 2 is 2.55 bits per heavy atom. The highest BCUT2D eigenvalue weighted by Crippen LogP contribution is 2.37. The predicted octanol–water partition coefficient (Wildman–Crippen LogP) is 0.740. The third kappa shape index (κ3) is 1.17. The van der Waals surface area contributed by atoms with Gasteiger partial charge in [-0.25, -0.2) is 0 Å². The highest BCUT2D eigenvalue weighted by atomic mass is 16.3. The molecule has 0 amide bonds. The maximum Gasteiger partial charge on any atom is 0.142 e. The second-order valence-electron chi connectivity index (χ2n) is 3.28. The van der Waals surface area contributed by atoms with Crippen molar-refractivity contribution in [2.75, 3.05) is 0 Å². The molecule has 0 radical (unpaired) electrons. The molecule has 0 bridgehead atoms. The van der Waals surface area contributed by atoms with Gasteiger partial charge in [-0.1, -0.05) is 0 Å². The molecule has 60 valence electrons. The van der Waals surface area contributed by atoms with Crippen LogP contribution < -0.4 is 0 Å². The highest BCUT2D eigenvalue weighted by molar-refractivity contribution is 5.87. The van der Waals surface area contributed by atoms with Gasteiger partial charge in [-0.15, -0.1) is 12.3 Å². The molecule has 1 aliphatic rings. The van der Waals surface area contributed by atoms with E-state index >= 15 is 0 Å². The van der Waals surface area contributed by atoms with E-state index in [1.807, 2.05) is 0 Å². The fourth-order valence-corrected chi connectivity index (χ4v) is 1.49. The summed E-state index contributed by atoms with van der Waals surface area (Å²) in [4.78, 5) is 11.2. The van der Waals surface area contributed by atoms with Crippen LogP contribution in [-0.2, 0) is 4.79 Å². The molecule has 11 heavy (non-hydrogen) atoms. The molecule has 0 spiro atoms. The second kappa shape index (κ2) is 2.67. The first-order chi connectivity index (χ1) is 5.11. The van der Waals surface area contributed by atoms with Crippen LogP contribution in [0.2, 0.25) is 0 Å². The standard InChI is InChI=1S/C9H12O2/c1-3-6-9(2)7(10)4-5-8(9)11/h1,7,10H,4-6H2,2H3/t7-,9+/m0/s1. The van der Waals surface area contributed by atoms with Crippen LogP contribution in [0.25, 0.3) is 0 Å². The molecule has 2 atom stereocenters.